The number of carboxylic acid groups (broad SMARTS) is 1. The summed E-state index contributed by atoms with van der Waals surface area (Å²) < 4.78 is 6.17. The minimum Gasteiger partial charge on any atom is -0.475 e. The van der Waals surface area contributed by atoms with Crippen LogP contribution in [0, 0.1) is 0 Å². The summed E-state index contributed by atoms with van der Waals surface area (Å²) in [6, 6.07) is 5.24. The van der Waals surface area contributed by atoms with Crippen molar-refractivity contribution >= 4 is 44.5 Å². The van der Waals surface area contributed by atoms with Gasteiger partial charge in [0.2, 0.25) is 11.7 Å². The number of amides is 1. The summed E-state index contributed by atoms with van der Waals surface area (Å²) >= 11 is 3.59. The van der Waals surface area contributed by atoms with E-state index in [0.717, 1.165) is 48.0 Å². The normalized spacial score (nSPS) is 20.7. The molecule has 3 heterocycles. The van der Waals surface area contributed by atoms with Crippen molar-refractivity contribution < 1.29 is 19.1 Å². The van der Waals surface area contributed by atoms with Crippen LogP contribution in [0.3, 0.4) is 0 Å². The number of hydrogen-bond donors (Lipinski definition) is 2. The zero-order valence-corrected chi connectivity index (χ0v) is 15.8. The van der Waals surface area contributed by atoms with Crippen LogP contribution in [0.4, 0.5) is 5.69 Å². The molecule has 0 aliphatic carbocycles. The van der Waals surface area contributed by atoms with Crippen LogP contribution in [0.2, 0.25) is 0 Å². The largest absolute Gasteiger partial charge is 0.475 e. The predicted molar refractivity (Wildman–Crippen MR) is 101 cm³/mol. The van der Waals surface area contributed by atoms with Crippen molar-refractivity contribution in [1.29, 1.82) is 0 Å². The number of nitrogens with one attached hydrogen (secondary N) is 1. The Labute approximate surface area is 159 Å². The molecule has 26 heavy (non-hydrogen) atoms. The molecule has 1 aromatic carbocycles. The van der Waals surface area contributed by atoms with Crippen LogP contribution in [-0.4, -0.2) is 60.6 Å². The molecule has 1 amide bonds. The third-order valence-corrected chi connectivity index (χ3v) is 5.95. The molecule has 138 valence electrons. The second kappa shape index (κ2) is 6.92. The lowest BCUT2D eigenvalue weighted by molar-refractivity contribution is -0.133. The fourth-order valence-electron chi connectivity index (χ4n) is 3.70. The zero-order valence-electron chi connectivity index (χ0n) is 14.2. The van der Waals surface area contributed by atoms with Crippen molar-refractivity contribution in [3.05, 3.63) is 28.4 Å². The Morgan fingerprint density at radius 1 is 1.23 bits per heavy atom. The first kappa shape index (κ1) is 17.4. The van der Waals surface area contributed by atoms with Crippen LogP contribution in [-0.2, 0) is 4.79 Å². The highest BCUT2D eigenvalue weighted by molar-refractivity contribution is 9.10. The molecule has 4 rings (SSSR count). The number of anilines is 1. The first-order valence-electron chi connectivity index (χ1n) is 8.77. The first-order chi connectivity index (χ1) is 12.5. The minimum absolute atomic E-state index is 0.0231. The van der Waals surface area contributed by atoms with E-state index in [1.54, 1.807) is 6.07 Å². The number of rotatable bonds is 3. The number of carbonyl (C=O) groups excluding carboxylic acids is 1. The van der Waals surface area contributed by atoms with Gasteiger partial charge in [-0.1, -0.05) is 0 Å². The number of carbonyl (C=O) groups is 2. The topological polar surface area (TPSA) is 86.0 Å². The highest BCUT2D eigenvalue weighted by atomic mass is 79.9. The van der Waals surface area contributed by atoms with Crippen LogP contribution >= 0.6 is 15.9 Å². The Balaban J connectivity index is 1.49. The Morgan fingerprint density at radius 3 is 2.65 bits per heavy atom. The van der Waals surface area contributed by atoms with Crippen molar-refractivity contribution in [3.8, 4) is 0 Å². The van der Waals surface area contributed by atoms with Crippen molar-refractivity contribution in [3.63, 3.8) is 0 Å². The molecule has 1 atom stereocenters. The minimum atomic E-state index is -1.08. The standard InChI is InChI=1S/C18H20BrN3O4/c19-16-11-10-15(18(24)25)26-14(11)4-3-13(16)21-6-8-22(9-7-21)17(23)12-2-1-5-20-12/h3-4,10,12,20H,1-2,5-9H2,(H,24,25). The first-order valence-corrected chi connectivity index (χ1v) is 9.56. The van der Waals surface area contributed by atoms with E-state index in [2.05, 4.69) is 26.1 Å². The van der Waals surface area contributed by atoms with E-state index in [1.165, 1.54) is 6.07 Å². The molecule has 2 aliphatic rings. The maximum absolute atomic E-state index is 12.5. The monoisotopic (exact) mass is 421 g/mol. The highest BCUT2D eigenvalue weighted by Gasteiger charge is 2.29. The van der Waals surface area contributed by atoms with Gasteiger partial charge in [0.25, 0.3) is 0 Å². The SMILES string of the molecule is O=C(O)c1cc2c(Br)c(N3CCN(C(=O)C4CCCN4)CC3)ccc2o1. The van der Waals surface area contributed by atoms with E-state index in [0.29, 0.717) is 18.7 Å². The van der Waals surface area contributed by atoms with Crippen LogP contribution in [0.25, 0.3) is 11.0 Å². The number of fused-ring (bicyclic) bond motifs is 1. The number of piperazine rings is 1. The lowest BCUT2D eigenvalue weighted by Gasteiger charge is -2.37. The molecule has 0 bridgehead atoms. The molecule has 0 saturated carbocycles. The van der Waals surface area contributed by atoms with Gasteiger partial charge >= 0.3 is 5.97 Å². The smallest absolute Gasteiger partial charge is 0.371 e. The van der Waals surface area contributed by atoms with Crippen LogP contribution < -0.4 is 10.2 Å². The third kappa shape index (κ3) is 3.07. The molecular weight excluding hydrogens is 402 g/mol. The summed E-state index contributed by atoms with van der Waals surface area (Å²) in [5, 5.41) is 13.1. The van der Waals surface area contributed by atoms with Gasteiger partial charge in [-0.15, -0.1) is 0 Å². The Hall–Kier alpha value is -2.06. The van der Waals surface area contributed by atoms with Gasteiger partial charge in [0.15, 0.2) is 0 Å². The molecule has 2 N–H and O–H groups in total. The maximum Gasteiger partial charge on any atom is 0.371 e. The molecule has 1 aromatic heterocycles. The summed E-state index contributed by atoms with van der Waals surface area (Å²) in [7, 11) is 0. The lowest BCUT2D eigenvalue weighted by atomic mass is 10.1. The molecule has 8 heteroatoms. The second-order valence-corrected chi connectivity index (χ2v) is 7.48. The van der Waals surface area contributed by atoms with Crippen molar-refractivity contribution in [2.45, 2.75) is 18.9 Å². The summed E-state index contributed by atoms with van der Waals surface area (Å²) in [5.41, 5.74) is 1.53. The second-order valence-electron chi connectivity index (χ2n) is 6.69. The van der Waals surface area contributed by atoms with Crippen molar-refractivity contribution in [2.75, 3.05) is 37.6 Å². The van der Waals surface area contributed by atoms with E-state index in [-0.39, 0.29) is 17.7 Å². The Bertz CT molecular complexity index is 851. The van der Waals surface area contributed by atoms with Gasteiger partial charge in [0.05, 0.1) is 16.2 Å². The number of aromatic carboxylic acids is 1. The Morgan fingerprint density at radius 2 is 2.00 bits per heavy atom. The third-order valence-electron chi connectivity index (χ3n) is 5.12. The fraction of sp³-hybridized carbons (Fsp3) is 0.444. The molecule has 1 unspecified atom stereocenters. The fourth-order valence-corrected chi connectivity index (χ4v) is 4.39. The lowest BCUT2D eigenvalue weighted by Crippen LogP contribution is -2.53. The van der Waals surface area contributed by atoms with Crippen LogP contribution in [0.15, 0.2) is 27.1 Å². The van der Waals surface area contributed by atoms with E-state index in [1.807, 2.05) is 11.0 Å². The average molecular weight is 422 g/mol. The maximum atomic E-state index is 12.5. The van der Waals surface area contributed by atoms with Crippen LogP contribution in [0.1, 0.15) is 23.4 Å². The van der Waals surface area contributed by atoms with Gasteiger partial charge < -0.3 is 24.6 Å². The number of nitrogens with zero attached hydrogens (tertiary/aromatic N) is 2. The van der Waals surface area contributed by atoms with Gasteiger partial charge in [-0.3, -0.25) is 4.79 Å². The number of halogens is 1. The predicted octanol–water partition coefficient (Wildman–Crippen LogP) is 2.29. The van der Waals surface area contributed by atoms with E-state index >= 15 is 0 Å². The van der Waals surface area contributed by atoms with E-state index < -0.39 is 5.97 Å². The number of carboxylic acids is 1. The van der Waals surface area contributed by atoms with Crippen LogP contribution in [0.5, 0.6) is 0 Å². The van der Waals surface area contributed by atoms with Gasteiger partial charge in [0, 0.05) is 37.6 Å². The van der Waals surface area contributed by atoms with Gasteiger partial charge in [-0.05, 0) is 47.4 Å². The Kier molecular flexibility index (Phi) is 4.62. The molecular formula is C18H20BrN3O4. The van der Waals surface area contributed by atoms with E-state index in [4.69, 9.17) is 9.52 Å². The highest BCUT2D eigenvalue weighted by Crippen LogP contribution is 2.36. The molecule has 2 aliphatic heterocycles. The average Bonchev–Trinajstić information content (AvgIpc) is 3.32. The zero-order chi connectivity index (χ0) is 18.3. The summed E-state index contributed by atoms with van der Waals surface area (Å²) in [4.78, 5) is 27.8. The quantitative estimate of drug-likeness (QED) is 0.790. The van der Waals surface area contributed by atoms with Gasteiger partial charge in [-0.25, -0.2) is 4.79 Å². The summed E-state index contributed by atoms with van der Waals surface area (Å²) in [5.74, 6) is -0.947. The molecule has 2 saturated heterocycles. The summed E-state index contributed by atoms with van der Waals surface area (Å²) in [6.07, 6.45) is 1.99. The summed E-state index contributed by atoms with van der Waals surface area (Å²) in [6.45, 7) is 3.78. The number of furan rings is 1. The van der Waals surface area contributed by atoms with Gasteiger partial charge in [-0.2, -0.15) is 0 Å². The van der Waals surface area contributed by atoms with Crippen molar-refractivity contribution in [2.24, 2.45) is 0 Å². The number of benzene rings is 1. The molecule has 7 nitrogen and oxygen atoms in total. The molecule has 2 aromatic rings. The molecule has 2 fully saturated rings. The van der Waals surface area contributed by atoms with E-state index in [9.17, 15) is 9.59 Å². The van der Waals surface area contributed by atoms with Crippen molar-refractivity contribution in [1.82, 2.24) is 10.2 Å². The molecule has 0 radical (unpaired) electrons. The van der Waals surface area contributed by atoms with Gasteiger partial charge in [0.1, 0.15) is 5.58 Å². The molecule has 0 spiro atoms. The number of hydrogen-bond acceptors (Lipinski definition) is 5.